The molecular weight excluding hydrogens is 202 g/mol. The van der Waals surface area contributed by atoms with Gasteiger partial charge in [-0.2, -0.15) is 0 Å². The van der Waals surface area contributed by atoms with Crippen molar-refractivity contribution in [1.29, 1.82) is 0 Å². The molecule has 1 rings (SSSR count). The SMILES string of the molecule is C=CCCOCc1ccc(CNC(C)C)o1. The van der Waals surface area contributed by atoms with Crippen molar-refractivity contribution >= 4 is 0 Å². The molecule has 1 N–H and O–H groups in total. The highest BCUT2D eigenvalue weighted by atomic mass is 16.5. The van der Waals surface area contributed by atoms with Gasteiger partial charge in [0.05, 0.1) is 13.2 Å². The minimum absolute atomic E-state index is 0.470. The molecule has 0 unspecified atom stereocenters. The fraction of sp³-hybridized carbons (Fsp3) is 0.538. The van der Waals surface area contributed by atoms with Crippen molar-refractivity contribution in [1.82, 2.24) is 5.32 Å². The molecule has 1 heterocycles. The van der Waals surface area contributed by atoms with Crippen molar-refractivity contribution in [3.05, 3.63) is 36.3 Å². The fourth-order valence-corrected chi connectivity index (χ4v) is 1.24. The zero-order chi connectivity index (χ0) is 11.8. The van der Waals surface area contributed by atoms with Crippen LogP contribution in [0, 0.1) is 0 Å². The van der Waals surface area contributed by atoms with Crippen LogP contribution >= 0.6 is 0 Å². The predicted octanol–water partition coefficient (Wildman–Crippen LogP) is 2.87. The lowest BCUT2D eigenvalue weighted by Gasteiger charge is -2.05. The molecule has 0 fully saturated rings. The van der Waals surface area contributed by atoms with Crippen LogP contribution in [0.4, 0.5) is 0 Å². The number of rotatable bonds is 8. The van der Waals surface area contributed by atoms with Gasteiger partial charge in [-0.3, -0.25) is 0 Å². The monoisotopic (exact) mass is 223 g/mol. The molecule has 0 aliphatic rings. The lowest BCUT2D eigenvalue weighted by atomic mass is 10.3. The summed E-state index contributed by atoms with van der Waals surface area (Å²) in [5.74, 6) is 1.83. The van der Waals surface area contributed by atoms with E-state index in [4.69, 9.17) is 9.15 Å². The Kier molecular flexibility index (Phi) is 5.90. The molecule has 3 nitrogen and oxygen atoms in total. The maximum absolute atomic E-state index is 5.60. The van der Waals surface area contributed by atoms with Gasteiger partial charge in [0.2, 0.25) is 0 Å². The van der Waals surface area contributed by atoms with Gasteiger partial charge in [0.1, 0.15) is 18.1 Å². The highest BCUT2D eigenvalue weighted by Gasteiger charge is 2.02. The third kappa shape index (κ3) is 5.14. The average molecular weight is 223 g/mol. The molecule has 16 heavy (non-hydrogen) atoms. The maximum Gasteiger partial charge on any atom is 0.129 e. The third-order valence-corrected chi connectivity index (χ3v) is 2.11. The van der Waals surface area contributed by atoms with Gasteiger partial charge in [-0.1, -0.05) is 19.9 Å². The van der Waals surface area contributed by atoms with Crippen LogP contribution in [0.1, 0.15) is 31.8 Å². The van der Waals surface area contributed by atoms with E-state index in [1.54, 1.807) is 0 Å². The smallest absolute Gasteiger partial charge is 0.129 e. The third-order valence-electron chi connectivity index (χ3n) is 2.11. The highest BCUT2D eigenvalue weighted by Crippen LogP contribution is 2.09. The zero-order valence-electron chi connectivity index (χ0n) is 10.2. The predicted molar refractivity (Wildman–Crippen MR) is 65.2 cm³/mol. The topological polar surface area (TPSA) is 34.4 Å². The van der Waals surface area contributed by atoms with Crippen LogP contribution in [-0.4, -0.2) is 12.6 Å². The summed E-state index contributed by atoms with van der Waals surface area (Å²) in [6.07, 6.45) is 2.72. The quantitative estimate of drug-likeness (QED) is 0.543. The van der Waals surface area contributed by atoms with Crippen LogP contribution in [0.2, 0.25) is 0 Å². The van der Waals surface area contributed by atoms with Crippen molar-refractivity contribution in [3.8, 4) is 0 Å². The van der Waals surface area contributed by atoms with Gasteiger partial charge < -0.3 is 14.5 Å². The molecular formula is C13H21NO2. The first kappa shape index (κ1) is 13.0. The first-order valence-electron chi connectivity index (χ1n) is 5.72. The second kappa shape index (κ2) is 7.25. The van der Waals surface area contributed by atoms with Crippen LogP contribution in [0.15, 0.2) is 29.2 Å². The van der Waals surface area contributed by atoms with Gasteiger partial charge in [0.15, 0.2) is 0 Å². The van der Waals surface area contributed by atoms with E-state index in [1.807, 2.05) is 18.2 Å². The Morgan fingerprint density at radius 2 is 2.19 bits per heavy atom. The average Bonchev–Trinajstić information content (AvgIpc) is 2.70. The van der Waals surface area contributed by atoms with Gasteiger partial charge in [-0.05, 0) is 18.6 Å². The Bertz CT molecular complexity index is 305. The van der Waals surface area contributed by atoms with E-state index in [-0.39, 0.29) is 0 Å². The standard InChI is InChI=1S/C13H21NO2/c1-4-5-8-15-10-13-7-6-12(16-13)9-14-11(2)3/h4,6-7,11,14H,1,5,8-10H2,2-3H3. The maximum atomic E-state index is 5.60. The van der Waals surface area contributed by atoms with E-state index in [2.05, 4.69) is 25.7 Å². The lowest BCUT2D eigenvalue weighted by Crippen LogP contribution is -2.21. The second-order valence-electron chi connectivity index (χ2n) is 4.03. The van der Waals surface area contributed by atoms with E-state index in [0.29, 0.717) is 19.3 Å². The van der Waals surface area contributed by atoms with E-state index in [1.165, 1.54) is 0 Å². The van der Waals surface area contributed by atoms with E-state index in [0.717, 1.165) is 24.5 Å². The van der Waals surface area contributed by atoms with Crippen molar-refractivity contribution in [2.24, 2.45) is 0 Å². The molecule has 0 saturated carbocycles. The Hall–Kier alpha value is -1.06. The summed E-state index contributed by atoms with van der Waals surface area (Å²) >= 11 is 0. The normalized spacial score (nSPS) is 10.9. The summed E-state index contributed by atoms with van der Waals surface area (Å²) in [6.45, 7) is 9.87. The van der Waals surface area contributed by atoms with E-state index in [9.17, 15) is 0 Å². The van der Waals surface area contributed by atoms with Crippen LogP contribution in [-0.2, 0) is 17.9 Å². The van der Waals surface area contributed by atoms with Crippen molar-refractivity contribution in [2.45, 2.75) is 39.5 Å². The summed E-state index contributed by atoms with van der Waals surface area (Å²) in [5.41, 5.74) is 0. The highest BCUT2D eigenvalue weighted by molar-refractivity contribution is 5.06. The van der Waals surface area contributed by atoms with Gasteiger partial charge in [-0.25, -0.2) is 0 Å². The summed E-state index contributed by atoms with van der Waals surface area (Å²) < 4.78 is 11.0. The van der Waals surface area contributed by atoms with Gasteiger partial charge in [-0.15, -0.1) is 6.58 Å². The summed E-state index contributed by atoms with van der Waals surface area (Å²) in [4.78, 5) is 0. The molecule has 0 radical (unpaired) electrons. The molecule has 3 heteroatoms. The van der Waals surface area contributed by atoms with Crippen molar-refractivity contribution < 1.29 is 9.15 Å². The zero-order valence-corrected chi connectivity index (χ0v) is 10.2. The first-order chi connectivity index (χ1) is 7.72. The molecule has 0 aromatic carbocycles. The number of hydrogen-bond acceptors (Lipinski definition) is 3. The van der Waals surface area contributed by atoms with Gasteiger partial charge in [0.25, 0.3) is 0 Å². The molecule has 0 aliphatic carbocycles. The molecule has 1 aromatic heterocycles. The number of furan rings is 1. The van der Waals surface area contributed by atoms with Crippen LogP contribution in [0.5, 0.6) is 0 Å². The second-order valence-corrected chi connectivity index (χ2v) is 4.03. The fourth-order valence-electron chi connectivity index (χ4n) is 1.24. The van der Waals surface area contributed by atoms with Gasteiger partial charge >= 0.3 is 0 Å². The van der Waals surface area contributed by atoms with Gasteiger partial charge in [0, 0.05) is 6.04 Å². The first-order valence-corrected chi connectivity index (χ1v) is 5.72. The van der Waals surface area contributed by atoms with E-state index >= 15 is 0 Å². The molecule has 0 atom stereocenters. The molecule has 0 amide bonds. The van der Waals surface area contributed by atoms with E-state index < -0.39 is 0 Å². The number of ether oxygens (including phenoxy) is 1. The molecule has 0 aliphatic heterocycles. The summed E-state index contributed by atoms with van der Waals surface area (Å²) in [5, 5.41) is 3.30. The van der Waals surface area contributed by atoms with Crippen LogP contribution in [0.25, 0.3) is 0 Å². The molecule has 0 bridgehead atoms. The lowest BCUT2D eigenvalue weighted by molar-refractivity contribution is 0.109. The molecule has 0 saturated heterocycles. The Labute approximate surface area is 97.5 Å². The van der Waals surface area contributed by atoms with Crippen LogP contribution in [0.3, 0.4) is 0 Å². The largest absolute Gasteiger partial charge is 0.462 e. The van der Waals surface area contributed by atoms with Crippen LogP contribution < -0.4 is 5.32 Å². The minimum Gasteiger partial charge on any atom is -0.462 e. The Morgan fingerprint density at radius 1 is 1.44 bits per heavy atom. The number of hydrogen-bond donors (Lipinski definition) is 1. The summed E-state index contributed by atoms with van der Waals surface area (Å²) in [7, 11) is 0. The van der Waals surface area contributed by atoms with Crippen molar-refractivity contribution in [2.75, 3.05) is 6.61 Å². The molecule has 90 valence electrons. The van der Waals surface area contributed by atoms with Crippen molar-refractivity contribution in [3.63, 3.8) is 0 Å². The minimum atomic E-state index is 0.470. The Balaban J connectivity index is 2.25. The summed E-state index contributed by atoms with van der Waals surface area (Å²) in [6, 6.07) is 4.42. The number of nitrogens with one attached hydrogen (secondary N) is 1. The Morgan fingerprint density at radius 3 is 2.88 bits per heavy atom. The molecule has 0 spiro atoms. The molecule has 1 aromatic rings.